The number of hydrogen-bond acceptors (Lipinski definition) is 3. The number of rotatable bonds is 3. The van der Waals surface area contributed by atoms with Crippen molar-refractivity contribution >= 4 is 17.1 Å². The molecule has 2 aromatic heterocycles. The van der Waals surface area contributed by atoms with Crippen molar-refractivity contribution in [3.8, 4) is 11.4 Å². The van der Waals surface area contributed by atoms with E-state index in [0.717, 1.165) is 39.7 Å². The number of hydrogen-bond donors (Lipinski definition) is 1. The summed E-state index contributed by atoms with van der Waals surface area (Å²) in [6, 6.07) is 18.9. The molecule has 4 nitrogen and oxygen atoms in total. The van der Waals surface area contributed by atoms with Gasteiger partial charge in [-0.05, 0) is 80.6 Å². The molecule has 6 heteroatoms. The smallest absolute Gasteiger partial charge is 0.123 e. The number of anilines is 3. The largest absolute Gasteiger partial charge is 0.357 e. The van der Waals surface area contributed by atoms with Gasteiger partial charge in [-0.15, -0.1) is 0 Å². The molecule has 30 heavy (non-hydrogen) atoms. The molecule has 1 N–H and O–H groups in total. The number of aromatic nitrogens is 2. The van der Waals surface area contributed by atoms with Gasteiger partial charge in [-0.25, -0.2) is 8.78 Å². The molecule has 1 unspecified atom stereocenters. The van der Waals surface area contributed by atoms with Gasteiger partial charge in [-0.3, -0.25) is 15.0 Å². The second-order valence-corrected chi connectivity index (χ2v) is 7.47. The molecule has 0 radical (unpaired) electrons. The molecule has 0 saturated carbocycles. The van der Waals surface area contributed by atoms with Crippen molar-refractivity contribution in [2.75, 3.05) is 10.0 Å². The Morgan fingerprint density at radius 1 is 0.867 bits per heavy atom. The fourth-order valence-electron chi connectivity index (χ4n) is 3.99. The summed E-state index contributed by atoms with van der Waals surface area (Å²) in [5.41, 5.74) is 6.25. The van der Waals surface area contributed by atoms with E-state index in [1.807, 2.05) is 48.1 Å². The van der Waals surface area contributed by atoms with Gasteiger partial charge in [-0.2, -0.15) is 0 Å². The fraction of sp³-hybridized carbons (Fsp3) is 0.125. The number of pyridine rings is 1. The lowest BCUT2D eigenvalue weighted by Gasteiger charge is -2.34. The van der Waals surface area contributed by atoms with Crippen molar-refractivity contribution in [2.45, 2.75) is 19.9 Å². The predicted octanol–water partition coefficient (Wildman–Crippen LogP) is 6.30. The van der Waals surface area contributed by atoms with Crippen molar-refractivity contribution in [1.82, 2.24) is 9.97 Å². The number of aromatic amines is 1. The topological polar surface area (TPSA) is 35.2 Å². The van der Waals surface area contributed by atoms with E-state index in [9.17, 15) is 8.78 Å². The van der Waals surface area contributed by atoms with Crippen LogP contribution in [0.1, 0.15) is 24.2 Å². The Morgan fingerprint density at radius 2 is 1.60 bits per heavy atom. The summed E-state index contributed by atoms with van der Waals surface area (Å²) < 4.78 is 27.5. The summed E-state index contributed by atoms with van der Waals surface area (Å²) in [5, 5.41) is 4.03. The van der Waals surface area contributed by atoms with Crippen LogP contribution in [0.25, 0.3) is 11.4 Å². The van der Waals surface area contributed by atoms with Crippen molar-refractivity contribution in [1.29, 1.82) is 0 Å². The van der Waals surface area contributed by atoms with E-state index in [-0.39, 0.29) is 17.7 Å². The molecule has 5 rings (SSSR count). The molecule has 0 amide bonds. The summed E-state index contributed by atoms with van der Waals surface area (Å²) in [6.45, 7) is 4.01. The van der Waals surface area contributed by atoms with Crippen LogP contribution in [0.15, 0.2) is 72.9 Å². The van der Waals surface area contributed by atoms with Crippen LogP contribution in [0.3, 0.4) is 0 Å². The monoisotopic (exact) mass is 402 g/mol. The first-order valence-corrected chi connectivity index (χ1v) is 9.77. The van der Waals surface area contributed by atoms with E-state index in [4.69, 9.17) is 0 Å². The van der Waals surface area contributed by atoms with E-state index in [2.05, 4.69) is 9.97 Å². The molecule has 1 atom stereocenters. The number of nitrogens with zero attached hydrogens (tertiary/aromatic N) is 3. The standard InChI is InChI=1S/C24H20F2N4/c1-15-3-10-23(28-15)22-11-9-20(14-27-22)30-24-12-6-18(26)13-21(24)16(2)29(30)19-7-4-17(25)5-8-19/h3-14,16,28H,1-2H3. The first-order valence-electron chi connectivity index (χ1n) is 9.77. The van der Waals surface area contributed by atoms with Crippen molar-refractivity contribution in [3.05, 3.63) is 95.8 Å². The molecular formula is C24H20F2N4. The minimum absolute atomic E-state index is 0.133. The Balaban J connectivity index is 1.60. The highest BCUT2D eigenvalue weighted by Crippen LogP contribution is 2.46. The predicted molar refractivity (Wildman–Crippen MR) is 115 cm³/mol. The van der Waals surface area contributed by atoms with Crippen LogP contribution in [-0.2, 0) is 0 Å². The second-order valence-electron chi connectivity index (χ2n) is 7.47. The highest BCUT2D eigenvalue weighted by molar-refractivity contribution is 5.78. The first kappa shape index (κ1) is 18.4. The quantitative estimate of drug-likeness (QED) is 0.437. The molecule has 4 aromatic rings. The highest BCUT2D eigenvalue weighted by atomic mass is 19.1. The lowest BCUT2D eigenvalue weighted by atomic mass is 10.1. The Kier molecular flexibility index (Phi) is 4.28. The molecule has 2 aromatic carbocycles. The van der Waals surface area contributed by atoms with Gasteiger partial charge >= 0.3 is 0 Å². The molecule has 0 fully saturated rings. The van der Waals surface area contributed by atoms with Gasteiger partial charge in [0.05, 0.1) is 40.7 Å². The molecule has 3 heterocycles. The number of nitrogens with one attached hydrogen (secondary N) is 1. The van der Waals surface area contributed by atoms with Gasteiger partial charge in [0.15, 0.2) is 0 Å². The Bertz CT molecular complexity index is 1200. The average molecular weight is 402 g/mol. The fourth-order valence-corrected chi connectivity index (χ4v) is 3.99. The third kappa shape index (κ3) is 3.01. The maximum Gasteiger partial charge on any atom is 0.123 e. The summed E-state index contributed by atoms with van der Waals surface area (Å²) in [6.07, 6.45) is 1.80. The molecule has 0 bridgehead atoms. The third-order valence-corrected chi connectivity index (χ3v) is 5.44. The summed E-state index contributed by atoms with van der Waals surface area (Å²) in [5.74, 6) is -0.579. The van der Waals surface area contributed by atoms with Crippen LogP contribution < -0.4 is 10.0 Å². The minimum Gasteiger partial charge on any atom is -0.357 e. The Hall–Kier alpha value is -3.67. The number of H-pyrrole nitrogens is 1. The van der Waals surface area contributed by atoms with E-state index >= 15 is 0 Å². The minimum atomic E-state index is -0.298. The Labute approximate surface area is 173 Å². The second kappa shape index (κ2) is 6.99. The maximum atomic E-state index is 14.0. The van der Waals surface area contributed by atoms with Crippen molar-refractivity contribution < 1.29 is 8.78 Å². The molecule has 1 aliphatic rings. The van der Waals surface area contributed by atoms with Crippen LogP contribution in [0.4, 0.5) is 25.8 Å². The van der Waals surface area contributed by atoms with E-state index in [0.29, 0.717) is 0 Å². The molecule has 0 spiro atoms. The summed E-state index contributed by atoms with van der Waals surface area (Å²) in [4.78, 5) is 7.92. The van der Waals surface area contributed by atoms with Gasteiger partial charge in [0.2, 0.25) is 0 Å². The molecule has 0 aliphatic carbocycles. The number of halogens is 2. The normalized spacial score (nSPS) is 15.5. The maximum absolute atomic E-state index is 14.0. The van der Waals surface area contributed by atoms with Gasteiger partial charge in [0.1, 0.15) is 11.6 Å². The van der Waals surface area contributed by atoms with Crippen LogP contribution in [0, 0.1) is 18.6 Å². The van der Waals surface area contributed by atoms with Gasteiger partial charge in [0, 0.05) is 11.3 Å². The summed E-state index contributed by atoms with van der Waals surface area (Å²) in [7, 11) is 0. The van der Waals surface area contributed by atoms with E-state index in [1.54, 1.807) is 30.5 Å². The van der Waals surface area contributed by atoms with Gasteiger partial charge in [0.25, 0.3) is 0 Å². The third-order valence-electron chi connectivity index (χ3n) is 5.44. The SMILES string of the molecule is Cc1ccc(-c2ccc(N3c4ccc(F)cc4C(C)N3c3ccc(F)cc3)cn2)[nH]1. The average Bonchev–Trinajstić information content (AvgIpc) is 3.30. The highest BCUT2D eigenvalue weighted by Gasteiger charge is 2.35. The van der Waals surface area contributed by atoms with Crippen molar-refractivity contribution in [2.24, 2.45) is 0 Å². The van der Waals surface area contributed by atoms with Crippen LogP contribution >= 0.6 is 0 Å². The van der Waals surface area contributed by atoms with E-state index in [1.165, 1.54) is 18.2 Å². The lowest BCUT2D eigenvalue weighted by Crippen LogP contribution is -2.35. The molecule has 0 saturated heterocycles. The van der Waals surface area contributed by atoms with Crippen LogP contribution in [0.2, 0.25) is 0 Å². The first-order chi connectivity index (χ1) is 14.5. The van der Waals surface area contributed by atoms with Gasteiger partial charge < -0.3 is 4.98 Å². The summed E-state index contributed by atoms with van der Waals surface area (Å²) >= 11 is 0. The van der Waals surface area contributed by atoms with Gasteiger partial charge in [-0.1, -0.05) is 0 Å². The molecule has 150 valence electrons. The Morgan fingerprint density at radius 3 is 2.27 bits per heavy atom. The molecule has 1 aliphatic heterocycles. The number of hydrazine groups is 1. The zero-order chi connectivity index (χ0) is 20.8. The number of fused-ring (bicyclic) bond motifs is 1. The zero-order valence-corrected chi connectivity index (χ0v) is 16.6. The van der Waals surface area contributed by atoms with Crippen molar-refractivity contribution in [3.63, 3.8) is 0 Å². The van der Waals surface area contributed by atoms with Crippen LogP contribution in [-0.4, -0.2) is 9.97 Å². The lowest BCUT2D eigenvalue weighted by molar-refractivity contribution is 0.623. The zero-order valence-electron chi connectivity index (χ0n) is 16.6. The van der Waals surface area contributed by atoms with E-state index < -0.39 is 0 Å². The number of benzene rings is 2. The van der Waals surface area contributed by atoms with Crippen LogP contribution in [0.5, 0.6) is 0 Å². The molecular weight excluding hydrogens is 382 g/mol. The number of aryl methyl sites for hydroxylation is 1.